The van der Waals surface area contributed by atoms with Crippen LogP contribution in [0.4, 0.5) is 0 Å². The molecule has 0 radical (unpaired) electrons. The molecule has 7 nitrogen and oxygen atoms in total. The van der Waals surface area contributed by atoms with Crippen molar-refractivity contribution in [1.29, 1.82) is 0 Å². The molecule has 4 fully saturated rings. The molecule has 1 aromatic carbocycles. The van der Waals surface area contributed by atoms with E-state index in [-0.39, 0.29) is 47.5 Å². The van der Waals surface area contributed by atoms with Crippen molar-refractivity contribution in [3.05, 3.63) is 35.9 Å². The highest BCUT2D eigenvalue weighted by Gasteiger charge is 2.67. The number of amides is 1. The predicted octanol–water partition coefficient (Wildman–Crippen LogP) is 3.64. The zero-order valence-electron chi connectivity index (χ0n) is 21.6. The van der Waals surface area contributed by atoms with Crippen LogP contribution in [0.25, 0.3) is 0 Å². The van der Waals surface area contributed by atoms with E-state index in [0.717, 1.165) is 18.6 Å². The summed E-state index contributed by atoms with van der Waals surface area (Å²) in [5, 5.41) is 0.199. The van der Waals surface area contributed by atoms with Crippen LogP contribution in [0.5, 0.6) is 0 Å². The Kier molecular flexibility index (Phi) is 7.00. The Labute approximate surface area is 213 Å². The van der Waals surface area contributed by atoms with Crippen molar-refractivity contribution in [1.82, 2.24) is 4.90 Å². The second-order valence-electron chi connectivity index (χ2n) is 11.0. The molecule has 0 spiro atoms. The van der Waals surface area contributed by atoms with Gasteiger partial charge in [-0.05, 0) is 51.9 Å². The predicted molar refractivity (Wildman–Crippen MR) is 134 cm³/mol. The number of hydrogen-bond acceptors (Lipinski definition) is 7. The van der Waals surface area contributed by atoms with Crippen LogP contribution < -0.4 is 0 Å². The van der Waals surface area contributed by atoms with Crippen molar-refractivity contribution in [2.75, 3.05) is 19.5 Å². The summed E-state index contributed by atoms with van der Waals surface area (Å²) in [6.07, 6.45) is 0.666. The summed E-state index contributed by atoms with van der Waals surface area (Å²) in [6.45, 7) is 10.4. The molecule has 4 aliphatic rings. The van der Waals surface area contributed by atoms with Gasteiger partial charge in [0.25, 0.3) is 5.91 Å². The number of carbonyl (C=O) groups is 1. The van der Waals surface area contributed by atoms with E-state index in [1.165, 1.54) is 5.56 Å². The van der Waals surface area contributed by atoms with Gasteiger partial charge in [0.1, 0.15) is 18.3 Å². The minimum absolute atomic E-state index is 0.0252. The second kappa shape index (κ2) is 9.62. The number of ether oxygens (including phenoxy) is 5. The average Bonchev–Trinajstić information content (AvgIpc) is 3.42. The van der Waals surface area contributed by atoms with Crippen LogP contribution in [-0.2, 0) is 34.9 Å². The quantitative estimate of drug-likeness (QED) is 0.500. The van der Waals surface area contributed by atoms with Crippen molar-refractivity contribution in [3.63, 3.8) is 0 Å². The minimum atomic E-state index is -0.771. The van der Waals surface area contributed by atoms with E-state index in [9.17, 15) is 4.79 Å². The Morgan fingerprint density at radius 2 is 1.74 bits per heavy atom. The van der Waals surface area contributed by atoms with Gasteiger partial charge in [-0.15, -0.1) is 0 Å². The van der Waals surface area contributed by atoms with E-state index in [4.69, 9.17) is 23.7 Å². The molecule has 8 atom stereocenters. The molecule has 4 heterocycles. The topological polar surface area (TPSA) is 66.5 Å². The maximum Gasteiger partial charge on any atom is 0.254 e. The summed E-state index contributed by atoms with van der Waals surface area (Å²) >= 11 is 1.96. The fourth-order valence-corrected chi connectivity index (χ4v) is 7.81. The monoisotopic (exact) mass is 505 g/mol. The summed E-state index contributed by atoms with van der Waals surface area (Å²) in [5.74, 6) is -0.101. The van der Waals surface area contributed by atoms with Crippen LogP contribution in [0.2, 0.25) is 0 Å². The van der Waals surface area contributed by atoms with E-state index in [0.29, 0.717) is 6.61 Å². The Hall–Kier alpha value is -1.16. The van der Waals surface area contributed by atoms with Crippen LogP contribution in [0.3, 0.4) is 0 Å². The molecule has 0 unspecified atom stereocenters. The number of benzene rings is 1. The largest absolute Gasteiger partial charge is 0.369 e. The van der Waals surface area contributed by atoms with Crippen molar-refractivity contribution >= 4 is 17.7 Å². The molecular weight excluding hydrogens is 466 g/mol. The number of thioether (sulfide) groups is 1. The van der Waals surface area contributed by atoms with E-state index in [2.05, 4.69) is 36.1 Å². The third kappa shape index (κ3) is 4.66. The molecule has 5 rings (SSSR count). The summed E-state index contributed by atoms with van der Waals surface area (Å²) in [7, 11) is 1.65. The van der Waals surface area contributed by atoms with Gasteiger partial charge in [-0.1, -0.05) is 37.3 Å². The molecule has 1 aromatic rings. The number of fused-ring (bicyclic) bond motifs is 1. The molecule has 194 valence electrons. The number of carbonyl (C=O) groups excluding carboxylic acids is 1. The molecule has 4 aliphatic heterocycles. The maximum absolute atomic E-state index is 13.4. The molecule has 0 aromatic heterocycles. The molecule has 8 heteroatoms. The molecule has 4 saturated heterocycles. The number of rotatable bonds is 8. The third-order valence-electron chi connectivity index (χ3n) is 7.63. The van der Waals surface area contributed by atoms with Crippen molar-refractivity contribution < 1.29 is 28.5 Å². The lowest BCUT2D eigenvalue weighted by Crippen LogP contribution is -2.68. The van der Waals surface area contributed by atoms with Crippen molar-refractivity contribution in [3.8, 4) is 0 Å². The van der Waals surface area contributed by atoms with Crippen molar-refractivity contribution in [2.45, 2.75) is 101 Å². The molecular formula is C27H39NO6S. The smallest absolute Gasteiger partial charge is 0.254 e. The van der Waals surface area contributed by atoms with Gasteiger partial charge in [0.2, 0.25) is 0 Å². The fourth-order valence-electron chi connectivity index (χ4n) is 6.32. The summed E-state index contributed by atoms with van der Waals surface area (Å²) in [4.78, 5) is 15.4. The SMILES string of the molecule is CCCS[C@H]1[C@@H](Cc2ccccc2)[C@@H]2[C@H](OC)C(=O)N2[C@@H]1[C@H]1OC(C)(C)O[C@@H]1[C@H]1COC(C)(C)O1. The van der Waals surface area contributed by atoms with E-state index >= 15 is 0 Å². The fraction of sp³-hybridized carbons (Fsp3) is 0.741. The zero-order valence-corrected chi connectivity index (χ0v) is 22.5. The van der Waals surface area contributed by atoms with Gasteiger partial charge < -0.3 is 28.6 Å². The highest BCUT2D eigenvalue weighted by atomic mass is 32.2. The first-order valence-electron chi connectivity index (χ1n) is 12.8. The van der Waals surface area contributed by atoms with Crippen molar-refractivity contribution in [2.24, 2.45) is 5.92 Å². The lowest BCUT2D eigenvalue weighted by molar-refractivity contribution is -0.180. The van der Waals surface area contributed by atoms with Gasteiger partial charge in [-0.2, -0.15) is 11.8 Å². The lowest BCUT2D eigenvalue weighted by Gasteiger charge is -2.47. The summed E-state index contributed by atoms with van der Waals surface area (Å²) in [5.41, 5.74) is 1.28. The van der Waals surface area contributed by atoms with Gasteiger partial charge in [0.15, 0.2) is 17.7 Å². The van der Waals surface area contributed by atoms with Crippen LogP contribution in [0.15, 0.2) is 30.3 Å². The van der Waals surface area contributed by atoms with Gasteiger partial charge in [0, 0.05) is 18.3 Å². The molecule has 35 heavy (non-hydrogen) atoms. The van der Waals surface area contributed by atoms with Gasteiger partial charge >= 0.3 is 0 Å². The number of β-lactam (4-membered cyclic amide) rings is 1. The third-order valence-corrected chi connectivity index (χ3v) is 9.28. The Morgan fingerprint density at radius 1 is 1.03 bits per heavy atom. The molecule has 1 amide bonds. The second-order valence-corrected chi connectivity index (χ2v) is 12.3. The number of methoxy groups -OCH3 is 1. The van der Waals surface area contributed by atoms with Crippen LogP contribution in [0, 0.1) is 5.92 Å². The molecule has 0 N–H and O–H groups in total. The van der Waals surface area contributed by atoms with Gasteiger partial charge in [0.05, 0.1) is 18.7 Å². The molecule has 0 aliphatic carbocycles. The summed E-state index contributed by atoms with van der Waals surface area (Å²) in [6, 6.07) is 10.5. The first-order valence-corrected chi connectivity index (χ1v) is 13.9. The highest BCUT2D eigenvalue weighted by molar-refractivity contribution is 8.00. The van der Waals surface area contributed by atoms with Crippen LogP contribution in [0.1, 0.15) is 46.6 Å². The maximum atomic E-state index is 13.4. The Morgan fingerprint density at radius 3 is 2.37 bits per heavy atom. The van der Waals surface area contributed by atoms with Crippen LogP contribution in [-0.4, -0.2) is 83.6 Å². The molecule has 0 bridgehead atoms. The normalized spacial score (nSPS) is 39.6. The minimum Gasteiger partial charge on any atom is -0.369 e. The summed E-state index contributed by atoms with van der Waals surface area (Å²) < 4.78 is 30.9. The number of nitrogens with zero attached hydrogens (tertiary/aromatic N) is 1. The van der Waals surface area contributed by atoms with E-state index < -0.39 is 17.7 Å². The number of hydrogen-bond donors (Lipinski definition) is 0. The first kappa shape index (κ1) is 25.5. The highest BCUT2D eigenvalue weighted by Crippen LogP contribution is 2.52. The molecule has 0 saturated carbocycles. The van der Waals surface area contributed by atoms with Gasteiger partial charge in [-0.3, -0.25) is 4.79 Å². The first-order chi connectivity index (χ1) is 16.7. The van der Waals surface area contributed by atoms with Gasteiger partial charge in [-0.25, -0.2) is 0 Å². The van der Waals surface area contributed by atoms with Crippen LogP contribution >= 0.6 is 11.8 Å². The average molecular weight is 506 g/mol. The Bertz CT molecular complexity index is 910. The lowest BCUT2D eigenvalue weighted by atomic mass is 9.84. The zero-order chi connectivity index (χ0) is 25.0. The standard InChI is InChI=1S/C27H39NO6S/c1-7-13-35-24-17(14-16-11-9-8-10-12-16)19-23(30-6)25(29)28(19)20(24)22-21(33-27(4,5)34-22)18-15-31-26(2,3)32-18/h8-12,17-24H,7,13-15H2,1-6H3/t17-,18+,19+,20+,21+,22+,23-,24-/m0/s1. The Balaban J connectivity index is 1.50. The van der Waals surface area contributed by atoms with E-state index in [1.807, 2.05) is 45.5 Å². The van der Waals surface area contributed by atoms with E-state index in [1.54, 1.807) is 7.11 Å².